The van der Waals surface area contributed by atoms with Gasteiger partial charge in [-0.3, -0.25) is 0 Å². The number of ether oxygens (including phenoxy) is 1. The molecule has 0 radical (unpaired) electrons. The lowest BCUT2D eigenvalue weighted by molar-refractivity contribution is 0.340. The topological polar surface area (TPSA) is 50.9 Å². The summed E-state index contributed by atoms with van der Waals surface area (Å²) in [6.45, 7) is 4.85. The summed E-state index contributed by atoms with van der Waals surface area (Å²) in [5.74, 6) is 2.22. The van der Waals surface area contributed by atoms with Gasteiger partial charge in [0.1, 0.15) is 5.75 Å². The van der Waals surface area contributed by atoms with Crippen LogP contribution in [-0.2, 0) is 0 Å². The van der Waals surface area contributed by atoms with Crippen LogP contribution in [0.5, 0.6) is 5.75 Å². The quantitative estimate of drug-likeness (QED) is 0.451. The molecule has 0 bridgehead atoms. The molecule has 1 saturated heterocycles. The number of hydrogen-bond donors (Lipinski definition) is 1. The van der Waals surface area contributed by atoms with Crippen LogP contribution in [0.15, 0.2) is 29.3 Å². The third-order valence-electron chi connectivity index (χ3n) is 4.60. The Morgan fingerprint density at radius 3 is 2.43 bits per heavy atom. The van der Waals surface area contributed by atoms with Gasteiger partial charge < -0.3 is 15.4 Å². The minimum atomic E-state index is 0. The van der Waals surface area contributed by atoms with Gasteiger partial charge in [0.2, 0.25) is 0 Å². The molecule has 2 atom stereocenters. The van der Waals surface area contributed by atoms with Crippen LogP contribution in [0.25, 0.3) is 0 Å². The highest BCUT2D eigenvalue weighted by Gasteiger charge is 2.38. The molecular weight excluding hydrogens is 401 g/mol. The first-order valence-corrected chi connectivity index (χ1v) is 8.59. The maximum absolute atomic E-state index is 6.22. The average molecular weight is 429 g/mol. The van der Waals surface area contributed by atoms with E-state index in [1.165, 1.54) is 31.2 Å². The molecule has 1 heterocycles. The van der Waals surface area contributed by atoms with Crippen LogP contribution in [0.1, 0.15) is 50.5 Å². The third kappa shape index (κ3) is 4.99. The smallest absolute Gasteiger partial charge is 0.191 e. The first-order chi connectivity index (χ1) is 10.8. The van der Waals surface area contributed by atoms with Crippen molar-refractivity contribution in [1.29, 1.82) is 0 Å². The van der Waals surface area contributed by atoms with E-state index >= 15 is 0 Å². The van der Waals surface area contributed by atoms with Gasteiger partial charge in [-0.15, -0.1) is 24.0 Å². The summed E-state index contributed by atoms with van der Waals surface area (Å²) in [4.78, 5) is 7.02. The van der Waals surface area contributed by atoms with E-state index in [4.69, 9.17) is 15.5 Å². The maximum Gasteiger partial charge on any atom is 0.191 e. The highest BCUT2D eigenvalue weighted by atomic mass is 127. The van der Waals surface area contributed by atoms with E-state index in [1.54, 1.807) is 0 Å². The molecule has 2 aliphatic rings. The molecule has 128 valence electrons. The average Bonchev–Trinajstić information content (AvgIpc) is 3.31. The first kappa shape index (κ1) is 18.4. The molecule has 5 heteroatoms. The molecule has 4 nitrogen and oxygen atoms in total. The third-order valence-corrected chi connectivity index (χ3v) is 4.60. The molecule has 0 aromatic heterocycles. The number of nitrogens with two attached hydrogens (primary N) is 1. The number of guanidine groups is 1. The Hall–Kier alpha value is -0.980. The number of likely N-dealkylation sites (tertiary alicyclic amines) is 1. The summed E-state index contributed by atoms with van der Waals surface area (Å²) in [5, 5.41) is 0. The van der Waals surface area contributed by atoms with E-state index in [0.717, 1.165) is 31.2 Å². The zero-order valence-electron chi connectivity index (χ0n) is 13.9. The van der Waals surface area contributed by atoms with Crippen molar-refractivity contribution < 1.29 is 4.74 Å². The van der Waals surface area contributed by atoms with E-state index in [9.17, 15) is 0 Å². The van der Waals surface area contributed by atoms with Gasteiger partial charge in [-0.2, -0.15) is 0 Å². The second-order valence-corrected chi connectivity index (χ2v) is 6.30. The summed E-state index contributed by atoms with van der Waals surface area (Å²) >= 11 is 0. The second kappa shape index (κ2) is 8.76. The lowest BCUT2D eigenvalue weighted by Gasteiger charge is -2.21. The van der Waals surface area contributed by atoms with Crippen LogP contribution < -0.4 is 10.5 Å². The molecule has 0 spiro atoms. The number of aliphatic imine (C=N–C) groups is 1. The summed E-state index contributed by atoms with van der Waals surface area (Å²) in [6.07, 6.45) is 6.24. The molecule has 1 aliphatic heterocycles. The SMILES string of the molecule is CCOc1ccc([C@@H]2C[C@H]2N=C(N)N2CCCCCC2)cc1.I. The summed E-state index contributed by atoms with van der Waals surface area (Å²) in [7, 11) is 0. The normalized spacial score (nSPS) is 24.6. The first-order valence-electron chi connectivity index (χ1n) is 8.59. The van der Waals surface area contributed by atoms with Crippen LogP contribution >= 0.6 is 24.0 Å². The van der Waals surface area contributed by atoms with E-state index in [1.807, 2.05) is 6.92 Å². The van der Waals surface area contributed by atoms with Crippen molar-refractivity contribution in [1.82, 2.24) is 4.90 Å². The Morgan fingerprint density at radius 1 is 1.17 bits per heavy atom. The molecule has 1 aliphatic carbocycles. The van der Waals surface area contributed by atoms with Gasteiger partial charge in [0.15, 0.2) is 5.96 Å². The summed E-state index contributed by atoms with van der Waals surface area (Å²) in [5.41, 5.74) is 7.57. The Morgan fingerprint density at radius 2 is 1.83 bits per heavy atom. The molecule has 2 N–H and O–H groups in total. The fourth-order valence-electron chi connectivity index (χ4n) is 3.21. The zero-order chi connectivity index (χ0) is 15.4. The van der Waals surface area contributed by atoms with Crippen molar-refractivity contribution in [3.05, 3.63) is 29.8 Å². The van der Waals surface area contributed by atoms with Gasteiger partial charge in [-0.25, -0.2) is 4.99 Å². The van der Waals surface area contributed by atoms with Gasteiger partial charge >= 0.3 is 0 Å². The van der Waals surface area contributed by atoms with Gasteiger partial charge in [0, 0.05) is 19.0 Å². The van der Waals surface area contributed by atoms with Crippen LogP contribution in [0.4, 0.5) is 0 Å². The van der Waals surface area contributed by atoms with Gasteiger partial charge in [0.05, 0.1) is 12.6 Å². The highest BCUT2D eigenvalue weighted by molar-refractivity contribution is 14.0. The molecule has 3 rings (SSSR count). The molecular formula is C18H28IN3O. The largest absolute Gasteiger partial charge is 0.494 e. The monoisotopic (exact) mass is 429 g/mol. The minimum Gasteiger partial charge on any atom is -0.494 e. The second-order valence-electron chi connectivity index (χ2n) is 6.30. The number of rotatable bonds is 4. The predicted molar refractivity (Wildman–Crippen MR) is 106 cm³/mol. The van der Waals surface area contributed by atoms with Crippen molar-refractivity contribution in [3.8, 4) is 5.75 Å². The lowest BCUT2D eigenvalue weighted by atomic mass is 10.1. The van der Waals surface area contributed by atoms with Crippen molar-refractivity contribution in [2.45, 2.75) is 51.0 Å². The number of halogens is 1. The molecule has 2 fully saturated rings. The highest BCUT2D eigenvalue weighted by Crippen LogP contribution is 2.43. The molecule has 23 heavy (non-hydrogen) atoms. The lowest BCUT2D eigenvalue weighted by Crippen LogP contribution is -2.38. The van der Waals surface area contributed by atoms with Crippen LogP contribution in [0.2, 0.25) is 0 Å². The van der Waals surface area contributed by atoms with Crippen molar-refractivity contribution in [3.63, 3.8) is 0 Å². The fraction of sp³-hybridized carbons (Fsp3) is 0.611. The van der Waals surface area contributed by atoms with Gasteiger partial charge in [-0.1, -0.05) is 25.0 Å². The number of nitrogens with zero attached hydrogens (tertiary/aromatic N) is 2. The van der Waals surface area contributed by atoms with Crippen molar-refractivity contribution >= 4 is 29.9 Å². The number of hydrogen-bond acceptors (Lipinski definition) is 2. The predicted octanol–water partition coefficient (Wildman–Crippen LogP) is 3.75. The van der Waals surface area contributed by atoms with Crippen LogP contribution in [0.3, 0.4) is 0 Å². The molecule has 0 amide bonds. The Balaban J connectivity index is 0.00000192. The Bertz CT molecular complexity index is 510. The van der Waals surface area contributed by atoms with E-state index in [-0.39, 0.29) is 24.0 Å². The summed E-state index contributed by atoms with van der Waals surface area (Å²) < 4.78 is 5.49. The van der Waals surface area contributed by atoms with Crippen molar-refractivity contribution in [2.75, 3.05) is 19.7 Å². The van der Waals surface area contributed by atoms with E-state index in [0.29, 0.717) is 18.6 Å². The summed E-state index contributed by atoms with van der Waals surface area (Å²) in [6, 6.07) is 8.79. The van der Waals surface area contributed by atoms with Gasteiger partial charge in [0.25, 0.3) is 0 Å². The van der Waals surface area contributed by atoms with Crippen molar-refractivity contribution in [2.24, 2.45) is 10.7 Å². The zero-order valence-corrected chi connectivity index (χ0v) is 16.2. The molecule has 1 aromatic rings. The minimum absolute atomic E-state index is 0. The molecule has 1 aromatic carbocycles. The van der Waals surface area contributed by atoms with E-state index in [2.05, 4.69) is 29.2 Å². The Labute approximate surface area is 156 Å². The standard InChI is InChI=1S/C18H27N3O.HI/c1-2-22-15-9-7-14(8-10-15)16-13-17(16)20-18(19)21-11-5-3-4-6-12-21;/h7-10,16-17H,2-6,11-13H2,1H3,(H2,19,20);1H/t16-,17+;/m0./s1. The van der Waals surface area contributed by atoms with Crippen LogP contribution in [0, 0.1) is 0 Å². The fourth-order valence-corrected chi connectivity index (χ4v) is 3.21. The molecule has 1 saturated carbocycles. The van der Waals surface area contributed by atoms with Gasteiger partial charge in [-0.05, 0) is 43.9 Å². The Kier molecular flexibility index (Phi) is 6.99. The van der Waals surface area contributed by atoms with Crippen LogP contribution in [-0.4, -0.2) is 36.6 Å². The maximum atomic E-state index is 6.22. The number of benzene rings is 1. The van der Waals surface area contributed by atoms with E-state index < -0.39 is 0 Å². The molecule has 0 unspecified atom stereocenters.